The van der Waals surface area contributed by atoms with Crippen LogP contribution in [0.5, 0.6) is 0 Å². The monoisotopic (exact) mass is 299 g/mol. The number of rotatable bonds is 3. The minimum Gasteiger partial charge on any atom is -0.469 e. The van der Waals surface area contributed by atoms with Gasteiger partial charge >= 0.3 is 0 Å². The van der Waals surface area contributed by atoms with Crippen LogP contribution in [0.2, 0.25) is 0 Å². The van der Waals surface area contributed by atoms with E-state index in [9.17, 15) is 4.79 Å². The third-order valence-corrected chi connectivity index (χ3v) is 4.35. The van der Waals surface area contributed by atoms with Gasteiger partial charge in [-0.15, -0.1) is 0 Å². The lowest BCUT2D eigenvalue weighted by atomic mass is 9.89. The van der Waals surface area contributed by atoms with Gasteiger partial charge in [0.25, 0.3) is 5.91 Å². The van der Waals surface area contributed by atoms with Crippen molar-refractivity contribution in [2.45, 2.75) is 37.4 Å². The highest BCUT2D eigenvalue weighted by molar-refractivity contribution is 9.09. The molecule has 4 heteroatoms. The Morgan fingerprint density at radius 3 is 2.76 bits per heavy atom. The van der Waals surface area contributed by atoms with Gasteiger partial charge in [-0.2, -0.15) is 0 Å². The van der Waals surface area contributed by atoms with Gasteiger partial charge in [0.05, 0.1) is 11.8 Å². The lowest BCUT2D eigenvalue weighted by Gasteiger charge is -2.25. The van der Waals surface area contributed by atoms with Crippen LogP contribution < -0.4 is 5.32 Å². The topological polar surface area (TPSA) is 42.2 Å². The van der Waals surface area contributed by atoms with Crippen LogP contribution in [-0.2, 0) is 0 Å². The molecule has 0 aromatic carbocycles. The summed E-state index contributed by atoms with van der Waals surface area (Å²) in [6, 6.07) is 1.72. The van der Waals surface area contributed by atoms with E-state index in [1.54, 1.807) is 12.3 Å². The summed E-state index contributed by atoms with van der Waals surface area (Å²) in [4.78, 5) is 12.5. The average molecular weight is 300 g/mol. The number of halogens is 1. The van der Waals surface area contributed by atoms with Gasteiger partial charge in [-0.3, -0.25) is 4.79 Å². The van der Waals surface area contributed by atoms with Crippen molar-refractivity contribution in [3.63, 3.8) is 0 Å². The van der Waals surface area contributed by atoms with E-state index in [1.807, 2.05) is 6.92 Å². The number of furan rings is 1. The molecule has 1 saturated carbocycles. The number of hydrogen-bond donors (Lipinski definition) is 1. The Balaban J connectivity index is 1.79. The summed E-state index contributed by atoms with van der Waals surface area (Å²) in [6.07, 6.45) is 6.37. The van der Waals surface area contributed by atoms with Gasteiger partial charge < -0.3 is 9.73 Å². The molecule has 2 rings (SSSR count). The molecule has 17 heavy (non-hydrogen) atoms. The van der Waals surface area contributed by atoms with Crippen LogP contribution in [0.25, 0.3) is 0 Å². The Morgan fingerprint density at radius 1 is 1.47 bits per heavy atom. The first-order valence-electron chi connectivity index (χ1n) is 6.13. The second-order valence-corrected chi connectivity index (χ2v) is 6.01. The predicted octanol–water partition coefficient (Wildman–Crippen LogP) is 3.27. The van der Waals surface area contributed by atoms with Crippen molar-refractivity contribution in [3.8, 4) is 0 Å². The van der Waals surface area contributed by atoms with Crippen LogP contribution in [-0.4, -0.2) is 17.3 Å². The Kier molecular flexibility index (Phi) is 4.26. The molecule has 94 valence electrons. The Morgan fingerprint density at radius 2 is 2.18 bits per heavy atom. The maximum Gasteiger partial charge on any atom is 0.254 e. The number of alkyl halides is 1. The number of carbonyl (C=O) groups excluding carboxylic acids is 1. The molecule has 0 saturated heterocycles. The minimum atomic E-state index is -0.0165. The summed E-state index contributed by atoms with van der Waals surface area (Å²) >= 11 is 3.64. The number of nitrogens with one attached hydrogen (secondary N) is 1. The molecule has 0 bridgehead atoms. The Labute approximate surface area is 110 Å². The summed E-state index contributed by atoms with van der Waals surface area (Å²) < 4.78 is 5.12. The highest BCUT2D eigenvalue weighted by atomic mass is 79.9. The van der Waals surface area contributed by atoms with E-state index in [-0.39, 0.29) is 5.91 Å². The molecule has 0 aliphatic heterocycles. The molecule has 3 nitrogen and oxygen atoms in total. The second-order valence-electron chi connectivity index (χ2n) is 4.72. The third kappa shape index (κ3) is 3.35. The van der Waals surface area contributed by atoms with E-state index in [0.717, 1.165) is 6.54 Å². The molecular weight excluding hydrogens is 282 g/mol. The van der Waals surface area contributed by atoms with Gasteiger partial charge in [0.1, 0.15) is 5.76 Å². The quantitative estimate of drug-likeness (QED) is 0.871. The SMILES string of the molecule is Cc1occc1C(=O)NCC1CCC(Br)CC1. The van der Waals surface area contributed by atoms with Gasteiger partial charge in [0.15, 0.2) is 0 Å². The van der Waals surface area contributed by atoms with Crippen molar-refractivity contribution in [2.24, 2.45) is 5.92 Å². The summed E-state index contributed by atoms with van der Waals surface area (Å²) in [6.45, 7) is 2.59. The standard InChI is InChI=1S/C13H18BrNO2/c1-9-12(6-7-17-9)13(16)15-8-10-2-4-11(14)5-3-10/h6-7,10-11H,2-5,8H2,1H3,(H,15,16). The van der Waals surface area contributed by atoms with E-state index < -0.39 is 0 Å². The van der Waals surface area contributed by atoms with Crippen LogP contribution in [0, 0.1) is 12.8 Å². The maximum atomic E-state index is 11.9. The second kappa shape index (κ2) is 5.71. The fourth-order valence-electron chi connectivity index (χ4n) is 2.28. The van der Waals surface area contributed by atoms with Gasteiger partial charge in [-0.25, -0.2) is 0 Å². The molecule has 1 heterocycles. The maximum absolute atomic E-state index is 11.9. The zero-order valence-corrected chi connectivity index (χ0v) is 11.6. The first-order chi connectivity index (χ1) is 8.16. The Bertz CT molecular complexity index is 381. The molecule has 0 atom stereocenters. The van der Waals surface area contributed by atoms with Crippen LogP contribution >= 0.6 is 15.9 Å². The molecule has 0 unspecified atom stereocenters. The molecule has 0 spiro atoms. The van der Waals surface area contributed by atoms with Crippen molar-refractivity contribution >= 4 is 21.8 Å². The number of carbonyl (C=O) groups is 1. The molecule has 1 N–H and O–H groups in total. The normalized spacial score (nSPS) is 24.6. The smallest absolute Gasteiger partial charge is 0.254 e. The van der Waals surface area contributed by atoms with Crippen molar-refractivity contribution in [1.82, 2.24) is 5.32 Å². The molecule has 1 aromatic rings. The zero-order chi connectivity index (χ0) is 12.3. The summed E-state index contributed by atoms with van der Waals surface area (Å²) in [5.74, 6) is 1.30. The lowest BCUT2D eigenvalue weighted by Crippen LogP contribution is -2.31. The Hall–Kier alpha value is -0.770. The predicted molar refractivity (Wildman–Crippen MR) is 70.5 cm³/mol. The molecule has 1 fully saturated rings. The van der Waals surface area contributed by atoms with Gasteiger partial charge in [0.2, 0.25) is 0 Å². The first-order valence-corrected chi connectivity index (χ1v) is 7.04. The van der Waals surface area contributed by atoms with Gasteiger partial charge in [0, 0.05) is 11.4 Å². The van der Waals surface area contributed by atoms with Crippen molar-refractivity contribution < 1.29 is 9.21 Å². The molecular formula is C13H18BrNO2. The zero-order valence-electron chi connectivity index (χ0n) is 10.0. The fourth-order valence-corrected chi connectivity index (χ4v) is 2.81. The van der Waals surface area contributed by atoms with E-state index in [4.69, 9.17) is 4.42 Å². The molecule has 1 amide bonds. The van der Waals surface area contributed by atoms with Crippen molar-refractivity contribution in [2.75, 3.05) is 6.54 Å². The number of hydrogen-bond acceptors (Lipinski definition) is 2. The minimum absolute atomic E-state index is 0.0165. The molecule has 1 aliphatic carbocycles. The van der Waals surface area contributed by atoms with Crippen LogP contribution in [0.1, 0.15) is 41.8 Å². The molecule has 0 radical (unpaired) electrons. The first kappa shape index (κ1) is 12.7. The largest absolute Gasteiger partial charge is 0.469 e. The van der Waals surface area contributed by atoms with E-state index in [2.05, 4.69) is 21.2 Å². The highest BCUT2D eigenvalue weighted by Crippen LogP contribution is 2.28. The van der Waals surface area contributed by atoms with Crippen LogP contribution in [0.3, 0.4) is 0 Å². The number of amides is 1. The van der Waals surface area contributed by atoms with Gasteiger partial charge in [-0.05, 0) is 44.6 Å². The third-order valence-electron chi connectivity index (χ3n) is 3.43. The fraction of sp³-hybridized carbons (Fsp3) is 0.615. The highest BCUT2D eigenvalue weighted by Gasteiger charge is 2.20. The lowest BCUT2D eigenvalue weighted by molar-refractivity contribution is 0.0942. The molecule has 1 aliphatic rings. The average Bonchev–Trinajstić information content (AvgIpc) is 2.74. The summed E-state index contributed by atoms with van der Waals surface area (Å²) in [5, 5.41) is 3.00. The van der Waals surface area contributed by atoms with Crippen LogP contribution in [0.15, 0.2) is 16.7 Å². The van der Waals surface area contributed by atoms with E-state index in [1.165, 1.54) is 25.7 Å². The van der Waals surface area contributed by atoms with E-state index in [0.29, 0.717) is 22.1 Å². The van der Waals surface area contributed by atoms with Crippen molar-refractivity contribution in [1.29, 1.82) is 0 Å². The van der Waals surface area contributed by atoms with Crippen LogP contribution in [0.4, 0.5) is 0 Å². The number of aryl methyl sites for hydroxylation is 1. The summed E-state index contributed by atoms with van der Waals surface area (Å²) in [5.41, 5.74) is 0.652. The molecule has 1 aromatic heterocycles. The summed E-state index contributed by atoms with van der Waals surface area (Å²) in [7, 11) is 0. The van der Waals surface area contributed by atoms with Gasteiger partial charge in [-0.1, -0.05) is 15.9 Å². The van der Waals surface area contributed by atoms with E-state index >= 15 is 0 Å². The van der Waals surface area contributed by atoms with Crippen molar-refractivity contribution in [3.05, 3.63) is 23.7 Å².